The zero-order valence-electron chi connectivity index (χ0n) is 9.45. The molecule has 1 atom stereocenters. The van der Waals surface area contributed by atoms with Gasteiger partial charge in [0.05, 0.1) is 6.61 Å². The number of aliphatic hydroxyl groups is 1. The van der Waals surface area contributed by atoms with Gasteiger partial charge >= 0.3 is 0 Å². The van der Waals surface area contributed by atoms with Crippen LogP contribution in [0.5, 0.6) is 0 Å². The molecule has 0 saturated carbocycles. The van der Waals surface area contributed by atoms with Gasteiger partial charge in [-0.25, -0.2) is 0 Å². The first-order valence-electron chi connectivity index (χ1n) is 5.49. The largest absolute Gasteiger partial charge is 0.395 e. The van der Waals surface area contributed by atoms with E-state index >= 15 is 0 Å². The Morgan fingerprint density at radius 1 is 1.38 bits per heavy atom. The van der Waals surface area contributed by atoms with Gasteiger partial charge in [-0.15, -0.1) is 11.8 Å². The molecule has 0 fully saturated rings. The van der Waals surface area contributed by atoms with Crippen LogP contribution in [0.4, 0.5) is 0 Å². The summed E-state index contributed by atoms with van der Waals surface area (Å²) in [5.41, 5.74) is 0. The van der Waals surface area contributed by atoms with Gasteiger partial charge < -0.3 is 10.4 Å². The van der Waals surface area contributed by atoms with Gasteiger partial charge in [-0.1, -0.05) is 18.5 Å². The van der Waals surface area contributed by atoms with E-state index in [2.05, 4.69) is 12.2 Å². The van der Waals surface area contributed by atoms with E-state index in [1.807, 2.05) is 24.3 Å². The van der Waals surface area contributed by atoms with Crippen molar-refractivity contribution in [2.45, 2.75) is 24.3 Å². The predicted molar refractivity (Wildman–Crippen MR) is 71.3 cm³/mol. The summed E-state index contributed by atoms with van der Waals surface area (Å²) >= 11 is 7.54. The van der Waals surface area contributed by atoms with E-state index in [-0.39, 0.29) is 12.6 Å². The normalized spacial score (nSPS) is 12.7. The van der Waals surface area contributed by atoms with Crippen LogP contribution >= 0.6 is 23.4 Å². The molecule has 90 valence electrons. The van der Waals surface area contributed by atoms with E-state index in [9.17, 15) is 5.11 Å². The highest BCUT2D eigenvalue weighted by molar-refractivity contribution is 7.99. The standard InChI is InChI=1S/C12H18ClNOS/c1-2-7-14-11(8-15)9-16-12-5-3-10(13)4-6-12/h3-6,11,14-15H,2,7-9H2,1H3. The number of nitrogens with one attached hydrogen (secondary N) is 1. The Bertz CT molecular complexity index is 292. The van der Waals surface area contributed by atoms with Gasteiger partial charge in [0.25, 0.3) is 0 Å². The van der Waals surface area contributed by atoms with Crippen LogP contribution in [0.25, 0.3) is 0 Å². The fourth-order valence-electron chi connectivity index (χ4n) is 1.25. The van der Waals surface area contributed by atoms with Gasteiger partial charge in [-0.3, -0.25) is 0 Å². The monoisotopic (exact) mass is 259 g/mol. The molecule has 4 heteroatoms. The fraction of sp³-hybridized carbons (Fsp3) is 0.500. The fourth-order valence-corrected chi connectivity index (χ4v) is 2.32. The summed E-state index contributed by atoms with van der Waals surface area (Å²) in [6.07, 6.45) is 1.09. The van der Waals surface area contributed by atoms with Crippen molar-refractivity contribution in [1.29, 1.82) is 0 Å². The zero-order chi connectivity index (χ0) is 11.8. The van der Waals surface area contributed by atoms with Crippen LogP contribution in [0.1, 0.15) is 13.3 Å². The van der Waals surface area contributed by atoms with Gasteiger partial charge in [0, 0.05) is 21.7 Å². The molecule has 0 saturated heterocycles. The second kappa shape index (κ2) is 7.96. The summed E-state index contributed by atoms with van der Waals surface area (Å²) in [5.74, 6) is 0.873. The lowest BCUT2D eigenvalue weighted by Gasteiger charge is -2.15. The minimum Gasteiger partial charge on any atom is -0.395 e. The van der Waals surface area contributed by atoms with E-state index in [4.69, 9.17) is 11.6 Å². The smallest absolute Gasteiger partial charge is 0.0592 e. The molecule has 1 rings (SSSR count). The maximum Gasteiger partial charge on any atom is 0.0592 e. The molecule has 0 amide bonds. The minimum atomic E-state index is 0.167. The first-order chi connectivity index (χ1) is 7.76. The molecule has 0 radical (unpaired) electrons. The van der Waals surface area contributed by atoms with Gasteiger partial charge in [0.15, 0.2) is 0 Å². The molecule has 0 heterocycles. The number of hydrogen-bond donors (Lipinski definition) is 2. The third-order valence-electron chi connectivity index (χ3n) is 2.17. The molecular formula is C12H18ClNOS. The Kier molecular flexibility index (Phi) is 6.88. The van der Waals surface area contributed by atoms with Crippen molar-refractivity contribution in [3.63, 3.8) is 0 Å². The maximum atomic E-state index is 9.18. The Balaban J connectivity index is 2.34. The molecule has 2 nitrogen and oxygen atoms in total. The van der Waals surface area contributed by atoms with Crippen LogP contribution in [0.3, 0.4) is 0 Å². The van der Waals surface area contributed by atoms with Crippen LogP contribution < -0.4 is 5.32 Å². The van der Waals surface area contributed by atoms with Gasteiger partial charge in [-0.05, 0) is 37.2 Å². The molecule has 16 heavy (non-hydrogen) atoms. The number of benzene rings is 1. The summed E-state index contributed by atoms with van der Waals surface area (Å²) in [4.78, 5) is 1.18. The highest BCUT2D eigenvalue weighted by Crippen LogP contribution is 2.20. The Morgan fingerprint density at radius 2 is 2.06 bits per heavy atom. The minimum absolute atomic E-state index is 0.167. The highest BCUT2D eigenvalue weighted by Gasteiger charge is 2.06. The average Bonchev–Trinajstić information content (AvgIpc) is 2.32. The van der Waals surface area contributed by atoms with Crippen LogP contribution in [-0.4, -0.2) is 30.1 Å². The highest BCUT2D eigenvalue weighted by atomic mass is 35.5. The number of rotatable bonds is 7. The maximum absolute atomic E-state index is 9.18. The molecular weight excluding hydrogens is 242 g/mol. The van der Waals surface area contributed by atoms with Gasteiger partial charge in [0.1, 0.15) is 0 Å². The molecule has 0 aromatic heterocycles. The second-order valence-electron chi connectivity index (χ2n) is 3.60. The molecule has 0 aliphatic heterocycles. The van der Waals surface area contributed by atoms with Crippen molar-refractivity contribution in [1.82, 2.24) is 5.32 Å². The summed E-state index contributed by atoms with van der Waals surface area (Å²) in [6.45, 7) is 3.25. The quantitative estimate of drug-likeness (QED) is 0.739. The molecule has 0 aliphatic rings. The Labute approximate surface area is 106 Å². The summed E-state index contributed by atoms with van der Waals surface area (Å²) in [5, 5.41) is 13.2. The van der Waals surface area contributed by atoms with E-state index in [1.54, 1.807) is 11.8 Å². The molecule has 0 aliphatic carbocycles. The molecule has 1 unspecified atom stereocenters. The predicted octanol–water partition coefficient (Wildman–Crippen LogP) is 2.79. The lowest BCUT2D eigenvalue weighted by atomic mass is 10.3. The molecule has 2 N–H and O–H groups in total. The van der Waals surface area contributed by atoms with Crippen molar-refractivity contribution in [2.75, 3.05) is 18.9 Å². The van der Waals surface area contributed by atoms with E-state index < -0.39 is 0 Å². The van der Waals surface area contributed by atoms with Crippen LogP contribution in [0.15, 0.2) is 29.2 Å². The van der Waals surface area contributed by atoms with Crippen molar-refractivity contribution in [3.8, 4) is 0 Å². The summed E-state index contributed by atoms with van der Waals surface area (Å²) in [7, 11) is 0. The van der Waals surface area contributed by atoms with E-state index in [0.717, 1.165) is 23.7 Å². The summed E-state index contributed by atoms with van der Waals surface area (Å²) in [6, 6.07) is 7.94. The SMILES string of the molecule is CCCNC(CO)CSc1ccc(Cl)cc1. The lowest BCUT2D eigenvalue weighted by molar-refractivity contribution is 0.254. The molecule has 1 aromatic carbocycles. The first-order valence-corrected chi connectivity index (χ1v) is 6.85. The zero-order valence-corrected chi connectivity index (χ0v) is 11.0. The number of hydrogen-bond acceptors (Lipinski definition) is 3. The van der Waals surface area contributed by atoms with Crippen molar-refractivity contribution < 1.29 is 5.11 Å². The van der Waals surface area contributed by atoms with E-state index in [1.165, 1.54) is 4.90 Å². The van der Waals surface area contributed by atoms with Gasteiger partial charge in [0.2, 0.25) is 0 Å². The Hall–Kier alpha value is -0.220. The number of aliphatic hydroxyl groups excluding tert-OH is 1. The second-order valence-corrected chi connectivity index (χ2v) is 5.13. The van der Waals surface area contributed by atoms with Crippen molar-refractivity contribution in [3.05, 3.63) is 29.3 Å². The van der Waals surface area contributed by atoms with Crippen molar-refractivity contribution in [2.24, 2.45) is 0 Å². The van der Waals surface area contributed by atoms with Crippen LogP contribution in [-0.2, 0) is 0 Å². The third kappa shape index (κ3) is 5.21. The van der Waals surface area contributed by atoms with Crippen LogP contribution in [0, 0.1) is 0 Å². The Morgan fingerprint density at radius 3 is 2.62 bits per heavy atom. The molecule has 0 spiro atoms. The number of halogens is 1. The van der Waals surface area contributed by atoms with Gasteiger partial charge in [-0.2, -0.15) is 0 Å². The van der Waals surface area contributed by atoms with Crippen LogP contribution in [0.2, 0.25) is 5.02 Å². The van der Waals surface area contributed by atoms with Crippen molar-refractivity contribution >= 4 is 23.4 Å². The summed E-state index contributed by atoms with van der Waals surface area (Å²) < 4.78 is 0. The number of thioether (sulfide) groups is 1. The third-order valence-corrected chi connectivity index (χ3v) is 3.59. The molecule has 1 aromatic rings. The van der Waals surface area contributed by atoms with E-state index in [0.29, 0.717) is 0 Å². The lowest BCUT2D eigenvalue weighted by Crippen LogP contribution is -2.35. The average molecular weight is 260 g/mol. The molecule has 0 bridgehead atoms. The topological polar surface area (TPSA) is 32.3 Å². The first kappa shape index (κ1) is 13.8.